The van der Waals surface area contributed by atoms with Crippen LogP contribution in [-0.2, 0) is 6.42 Å². The predicted octanol–water partition coefficient (Wildman–Crippen LogP) is 12.3. The lowest BCUT2D eigenvalue weighted by molar-refractivity contribution is 1.01. The molecule has 0 amide bonds. The van der Waals surface area contributed by atoms with Gasteiger partial charge in [0.1, 0.15) is 0 Å². The molecule has 1 aliphatic carbocycles. The lowest BCUT2D eigenvalue weighted by Crippen LogP contribution is -1.93. The second-order valence-electron chi connectivity index (χ2n) is 11.5. The standard InChI is InChI=1S/C42H28S/c1-2-13-28-26-29(25-24-27(28)12-1)30-14-3-4-16-32(30)40-33-17-5-7-19-35(33)41(36-20-8-6-18-34(36)40)38-22-11-21-37-31-15-9-10-23-39(31)43-42(37)38/h1-8,10-14,16-26H,9,15H2. The molecule has 1 aliphatic rings. The first-order chi connectivity index (χ1) is 21.3. The molecule has 0 N–H and O–H groups in total. The maximum Gasteiger partial charge on any atom is 0.0430 e. The molecule has 9 rings (SSSR count). The van der Waals surface area contributed by atoms with Crippen molar-refractivity contribution in [3.05, 3.63) is 150 Å². The fraction of sp³-hybridized carbons (Fsp3) is 0.0476. The van der Waals surface area contributed by atoms with Crippen molar-refractivity contribution < 1.29 is 0 Å². The van der Waals surface area contributed by atoms with Crippen molar-refractivity contribution >= 4 is 59.8 Å². The molecule has 1 aromatic heterocycles. The molecule has 43 heavy (non-hydrogen) atoms. The molecule has 1 heterocycles. The monoisotopic (exact) mass is 564 g/mol. The molecule has 1 heteroatoms. The fourth-order valence-electron chi connectivity index (χ4n) is 7.21. The highest BCUT2D eigenvalue weighted by molar-refractivity contribution is 7.20. The van der Waals surface area contributed by atoms with E-state index in [-0.39, 0.29) is 0 Å². The van der Waals surface area contributed by atoms with Gasteiger partial charge >= 0.3 is 0 Å². The van der Waals surface area contributed by atoms with Crippen LogP contribution in [0.2, 0.25) is 0 Å². The molecule has 0 unspecified atom stereocenters. The number of aryl methyl sites for hydroxylation is 1. The maximum atomic E-state index is 2.34. The van der Waals surface area contributed by atoms with Crippen molar-refractivity contribution in [3.63, 3.8) is 0 Å². The highest BCUT2D eigenvalue weighted by Crippen LogP contribution is 2.49. The summed E-state index contributed by atoms with van der Waals surface area (Å²) in [6.07, 6.45) is 6.90. The number of fused-ring (bicyclic) bond motifs is 6. The van der Waals surface area contributed by atoms with E-state index in [1.165, 1.54) is 86.2 Å². The van der Waals surface area contributed by atoms with Gasteiger partial charge in [0.05, 0.1) is 0 Å². The second kappa shape index (κ2) is 9.80. The molecule has 0 saturated heterocycles. The zero-order valence-electron chi connectivity index (χ0n) is 23.7. The highest BCUT2D eigenvalue weighted by atomic mass is 32.1. The van der Waals surface area contributed by atoms with E-state index in [0.29, 0.717) is 0 Å². The first kappa shape index (κ1) is 24.6. The first-order valence-electron chi connectivity index (χ1n) is 15.1. The molecule has 7 aromatic carbocycles. The van der Waals surface area contributed by atoms with Crippen LogP contribution in [-0.4, -0.2) is 0 Å². The summed E-state index contributed by atoms with van der Waals surface area (Å²) in [6, 6.07) is 49.4. The zero-order valence-corrected chi connectivity index (χ0v) is 24.5. The molecule has 0 atom stereocenters. The summed E-state index contributed by atoms with van der Waals surface area (Å²) < 4.78 is 1.40. The van der Waals surface area contributed by atoms with Crippen molar-refractivity contribution in [1.82, 2.24) is 0 Å². The Hall–Kier alpha value is -4.98. The van der Waals surface area contributed by atoms with Crippen LogP contribution in [0, 0.1) is 0 Å². The summed E-state index contributed by atoms with van der Waals surface area (Å²) in [5, 5.41) is 9.15. The Balaban J connectivity index is 1.37. The lowest BCUT2D eigenvalue weighted by atomic mass is 9.83. The number of benzene rings is 7. The summed E-state index contributed by atoms with van der Waals surface area (Å²) >= 11 is 1.95. The Labute approximate surface area is 255 Å². The van der Waals surface area contributed by atoms with Gasteiger partial charge < -0.3 is 0 Å². The SMILES string of the molecule is C1=Cc2sc3c(-c4c5ccccc5c(-c5ccccc5-c5ccc6ccccc6c5)c5ccccc45)cccc3c2CC1. The smallest absolute Gasteiger partial charge is 0.0430 e. The topological polar surface area (TPSA) is 0 Å². The third kappa shape index (κ3) is 3.82. The maximum absolute atomic E-state index is 2.34. The molecule has 0 nitrogen and oxygen atoms in total. The summed E-state index contributed by atoms with van der Waals surface area (Å²) in [5.74, 6) is 0. The van der Waals surface area contributed by atoms with Gasteiger partial charge in [-0.15, -0.1) is 11.3 Å². The van der Waals surface area contributed by atoms with E-state index in [9.17, 15) is 0 Å². The summed E-state index contributed by atoms with van der Waals surface area (Å²) in [7, 11) is 0. The molecular weight excluding hydrogens is 537 g/mol. The molecular formula is C42H28S. The summed E-state index contributed by atoms with van der Waals surface area (Å²) in [5.41, 5.74) is 9.27. The van der Waals surface area contributed by atoms with Gasteiger partial charge in [-0.1, -0.05) is 133 Å². The largest absolute Gasteiger partial charge is 0.135 e. The van der Waals surface area contributed by atoms with E-state index in [4.69, 9.17) is 0 Å². The van der Waals surface area contributed by atoms with Crippen LogP contribution in [0.5, 0.6) is 0 Å². The second-order valence-corrected chi connectivity index (χ2v) is 12.6. The number of rotatable bonds is 3. The quantitative estimate of drug-likeness (QED) is 0.187. The van der Waals surface area contributed by atoms with Crippen LogP contribution in [0.4, 0.5) is 0 Å². The average molecular weight is 565 g/mol. The van der Waals surface area contributed by atoms with Crippen LogP contribution in [0.3, 0.4) is 0 Å². The Kier molecular flexibility index (Phi) is 5.61. The Morgan fingerprint density at radius 3 is 1.79 bits per heavy atom. The van der Waals surface area contributed by atoms with Crippen LogP contribution >= 0.6 is 11.3 Å². The van der Waals surface area contributed by atoms with Crippen LogP contribution < -0.4 is 0 Å². The van der Waals surface area contributed by atoms with Gasteiger partial charge in [0.15, 0.2) is 0 Å². The third-order valence-electron chi connectivity index (χ3n) is 9.14. The third-order valence-corrected chi connectivity index (χ3v) is 10.4. The molecule has 8 aromatic rings. The van der Waals surface area contributed by atoms with Crippen molar-refractivity contribution in [1.29, 1.82) is 0 Å². The van der Waals surface area contributed by atoms with E-state index in [0.717, 1.165) is 12.8 Å². The number of thiophene rings is 1. The van der Waals surface area contributed by atoms with Gasteiger partial charge in [0.2, 0.25) is 0 Å². The fourth-order valence-corrected chi connectivity index (χ4v) is 8.52. The van der Waals surface area contributed by atoms with Gasteiger partial charge in [-0.25, -0.2) is 0 Å². The average Bonchev–Trinajstić information content (AvgIpc) is 3.46. The van der Waals surface area contributed by atoms with Gasteiger partial charge in [0, 0.05) is 15.1 Å². The number of hydrogen-bond acceptors (Lipinski definition) is 1. The van der Waals surface area contributed by atoms with Gasteiger partial charge in [-0.2, -0.15) is 0 Å². The summed E-state index contributed by atoms with van der Waals surface area (Å²) in [4.78, 5) is 1.42. The predicted molar refractivity (Wildman–Crippen MR) is 188 cm³/mol. The van der Waals surface area contributed by atoms with Crippen molar-refractivity contribution in [2.75, 3.05) is 0 Å². The van der Waals surface area contributed by atoms with Crippen molar-refractivity contribution in [2.45, 2.75) is 12.8 Å². The summed E-state index contributed by atoms with van der Waals surface area (Å²) in [6.45, 7) is 0. The Morgan fingerprint density at radius 2 is 1.05 bits per heavy atom. The van der Waals surface area contributed by atoms with Gasteiger partial charge in [-0.3, -0.25) is 0 Å². The molecule has 0 saturated carbocycles. The van der Waals surface area contributed by atoms with Crippen molar-refractivity contribution in [3.8, 4) is 33.4 Å². The molecule has 0 spiro atoms. The van der Waals surface area contributed by atoms with Crippen molar-refractivity contribution in [2.24, 2.45) is 0 Å². The number of hydrogen-bond donors (Lipinski definition) is 0. The van der Waals surface area contributed by atoms with Crippen LogP contribution in [0.15, 0.2) is 140 Å². The minimum atomic E-state index is 1.13. The van der Waals surface area contributed by atoms with E-state index in [2.05, 4.69) is 146 Å². The van der Waals surface area contributed by atoms with Crippen LogP contribution in [0.1, 0.15) is 16.9 Å². The minimum absolute atomic E-state index is 1.13. The zero-order chi connectivity index (χ0) is 28.3. The van der Waals surface area contributed by atoms with Gasteiger partial charge in [0.25, 0.3) is 0 Å². The van der Waals surface area contributed by atoms with E-state index < -0.39 is 0 Å². The molecule has 202 valence electrons. The first-order valence-corrected chi connectivity index (χ1v) is 15.9. The number of allylic oxidation sites excluding steroid dienone is 1. The van der Waals surface area contributed by atoms with E-state index in [1.54, 1.807) is 0 Å². The highest BCUT2D eigenvalue weighted by Gasteiger charge is 2.22. The Morgan fingerprint density at radius 1 is 0.465 bits per heavy atom. The van der Waals surface area contributed by atoms with E-state index in [1.807, 2.05) is 11.3 Å². The Bertz CT molecular complexity index is 2340. The molecule has 0 aliphatic heterocycles. The van der Waals surface area contributed by atoms with E-state index >= 15 is 0 Å². The molecule has 0 radical (unpaired) electrons. The lowest BCUT2D eigenvalue weighted by Gasteiger charge is -2.20. The minimum Gasteiger partial charge on any atom is -0.135 e. The normalized spacial score (nSPS) is 12.8. The van der Waals surface area contributed by atoms with Crippen LogP contribution in [0.25, 0.3) is 81.9 Å². The molecule has 0 fully saturated rings. The molecule has 0 bridgehead atoms. The van der Waals surface area contributed by atoms with Gasteiger partial charge in [-0.05, 0) is 96.1 Å².